The molecule has 0 radical (unpaired) electrons. The maximum atomic E-state index is 12.5. The fraction of sp³-hybridized carbons (Fsp3) is 0.353. The van der Waals surface area contributed by atoms with E-state index in [9.17, 15) is 13.2 Å². The number of hydrogen-bond acceptors (Lipinski definition) is 4. The van der Waals surface area contributed by atoms with E-state index in [0.29, 0.717) is 24.4 Å². The zero-order valence-electron chi connectivity index (χ0n) is 13.5. The van der Waals surface area contributed by atoms with Crippen molar-refractivity contribution in [2.75, 3.05) is 21.9 Å². The van der Waals surface area contributed by atoms with Gasteiger partial charge in [0, 0.05) is 17.9 Å². The summed E-state index contributed by atoms with van der Waals surface area (Å²) in [6.07, 6.45) is 3.67. The van der Waals surface area contributed by atoms with Gasteiger partial charge in [-0.15, -0.1) is 0 Å². The number of carbonyl (C=O) groups excluding carboxylic acids is 1. The van der Waals surface area contributed by atoms with Crippen LogP contribution in [0.5, 0.6) is 0 Å². The van der Waals surface area contributed by atoms with Gasteiger partial charge in [0.2, 0.25) is 10.0 Å². The van der Waals surface area contributed by atoms with E-state index in [-0.39, 0.29) is 11.7 Å². The molecule has 24 heavy (non-hydrogen) atoms. The van der Waals surface area contributed by atoms with Crippen LogP contribution in [0.3, 0.4) is 0 Å². The van der Waals surface area contributed by atoms with Gasteiger partial charge in [0.25, 0.3) is 5.91 Å². The highest BCUT2D eigenvalue weighted by Gasteiger charge is 2.25. The van der Waals surface area contributed by atoms with E-state index >= 15 is 0 Å². The van der Waals surface area contributed by atoms with Crippen LogP contribution < -0.4 is 9.62 Å². The smallest absolute Gasteiger partial charge is 0.293 e. The fourth-order valence-corrected chi connectivity index (χ4v) is 4.03. The van der Waals surface area contributed by atoms with Crippen molar-refractivity contribution in [3.63, 3.8) is 0 Å². The van der Waals surface area contributed by atoms with Crippen molar-refractivity contribution in [3.8, 4) is 0 Å². The number of carbonyl (C=O) groups is 1. The Balaban J connectivity index is 1.86. The van der Waals surface area contributed by atoms with Gasteiger partial charge < -0.3 is 9.32 Å². The number of sulfonamides is 1. The average Bonchev–Trinajstić information content (AvgIpc) is 3.07. The molecule has 2 heterocycles. The molecule has 1 amide bonds. The number of anilines is 2. The second kappa shape index (κ2) is 6.68. The van der Waals surface area contributed by atoms with Crippen molar-refractivity contribution in [2.45, 2.75) is 26.2 Å². The number of fused-ring (bicyclic) bond motifs is 1. The minimum absolute atomic E-state index is 0.0905. The Hall–Kier alpha value is -2.28. The van der Waals surface area contributed by atoms with Gasteiger partial charge in [-0.2, -0.15) is 0 Å². The molecule has 1 N–H and O–H groups in total. The summed E-state index contributed by atoms with van der Waals surface area (Å²) < 4.78 is 31.6. The number of amides is 1. The molecule has 1 aromatic heterocycles. The number of nitrogens with one attached hydrogen (secondary N) is 1. The summed E-state index contributed by atoms with van der Waals surface area (Å²) in [6, 6.07) is 8.62. The molecule has 1 aliphatic heterocycles. The molecular formula is C17H20N2O4S. The van der Waals surface area contributed by atoms with Crippen LogP contribution in [0.4, 0.5) is 11.4 Å². The highest BCUT2D eigenvalue weighted by Crippen LogP contribution is 2.31. The lowest BCUT2D eigenvalue weighted by molar-refractivity contribution is 0.0958. The zero-order valence-corrected chi connectivity index (χ0v) is 14.3. The Labute approximate surface area is 141 Å². The number of aryl methyl sites for hydroxylation is 1. The highest BCUT2D eigenvalue weighted by molar-refractivity contribution is 7.92. The maximum absolute atomic E-state index is 12.5. The third-order valence-electron chi connectivity index (χ3n) is 3.92. The molecule has 0 bridgehead atoms. The molecule has 0 saturated carbocycles. The summed E-state index contributed by atoms with van der Waals surface area (Å²) in [5.74, 6) is 0.212. The van der Waals surface area contributed by atoms with Crippen LogP contribution in [0.15, 0.2) is 41.0 Å². The van der Waals surface area contributed by atoms with Gasteiger partial charge >= 0.3 is 0 Å². The third-order valence-corrected chi connectivity index (χ3v) is 5.41. The Bertz CT molecular complexity index is 828. The van der Waals surface area contributed by atoms with Gasteiger partial charge in [-0.05, 0) is 55.2 Å². The van der Waals surface area contributed by atoms with Crippen LogP contribution in [0.2, 0.25) is 0 Å². The monoisotopic (exact) mass is 348 g/mol. The van der Waals surface area contributed by atoms with Gasteiger partial charge in [-0.3, -0.25) is 9.52 Å². The summed E-state index contributed by atoms with van der Waals surface area (Å²) in [7, 11) is -3.32. The van der Waals surface area contributed by atoms with Crippen LogP contribution in [0.1, 0.15) is 35.9 Å². The lowest BCUT2D eigenvalue weighted by Crippen LogP contribution is -2.35. The first-order chi connectivity index (χ1) is 11.5. The minimum atomic E-state index is -3.32. The van der Waals surface area contributed by atoms with E-state index in [1.807, 2.05) is 13.0 Å². The largest absolute Gasteiger partial charge is 0.459 e. The Kier molecular flexibility index (Phi) is 4.62. The molecule has 2 aromatic rings. The second-order valence-corrected chi connectivity index (χ2v) is 7.64. The van der Waals surface area contributed by atoms with Crippen molar-refractivity contribution in [1.29, 1.82) is 0 Å². The van der Waals surface area contributed by atoms with Crippen LogP contribution in [0.25, 0.3) is 0 Å². The van der Waals surface area contributed by atoms with Crippen LogP contribution >= 0.6 is 0 Å². The molecule has 0 fully saturated rings. The summed E-state index contributed by atoms with van der Waals surface area (Å²) in [4.78, 5) is 14.2. The van der Waals surface area contributed by atoms with Gasteiger partial charge in [0.1, 0.15) is 0 Å². The standard InChI is InChI=1S/C17H20N2O4S/c1-2-11-24(21,22)18-14-7-8-15-13(12-14)5-3-9-19(15)17(20)16-6-4-10-23-16/h4,6-8,10,12,18H,2-3,5,9,11H2,1H3. The summed E-state index contributed by atoms with van der Waals surface area (Å²) in [5, 5.41) is 0. The summed E-state index contributed by atoms with van der Waals surface area (Å²) >= 11 is 0. The number of nitrogens with zero attached hydrogens (tertiary/aromatic N) is 1. The Morgan fingerprint density at radius 1 is 1.33 bits per heavy atom. The fourth-order valence-electron chi connectivity index (χ4n) is 2.90. The van der Waals surface area contributed by atoms with Gasteiger partial charge in [0.15, 0.2) is 5.76 Å². The Morgan fingerprint density at radius 2 is 2.17 bits per heavy atom. The minimum Gasteiger partial charge on any atom is -0.459 e. The quantitative estimate of drug-likeness (QED) is 0.901. The number of rotatable bonds is 5. The van der Waals surface area contributed by atoms with E-state index in [0.717, 1.165) is 24.1 Å². The normalized spacial score (nSPS) is 14.3. The molecule has 0 unspecified atom stereocenters. The SMILES string of the molecule is CCCS(=O)(=O)Nc1ccc2c(c1)CCCN2C(=O)c1ccco1. The molecule has 128 valence electrons. The van der Waals surface area contributed by atoms with E-state index in [1.54, 1.807) is 29.2 Å². The molecular weight excluding hydrogens is 328 g/mol. The molecule has 0 saturated heterocycles. The molecule has 1 aromatic carbocycles. The molecule has 7 heteroatoms. The molecule has 0 spiro atoms. The predicted molar refractivity (Wildman–Crippen MR) is 92.8 cm³/mol. The molecule has 1 aliphatic rings. The molecule has 3 rings (SSSR count). The van der Waals surface area contributed by atoms with Crippen molar-refractivity contribution in [3.05, 3.63) is 47.9 Å². The number of benzene rings is 1. The lowest BCUT2D eigenvalue weighted by Gasteiger charge is -2.29. The van der Waals surface area contributed by atoms with E-state index < -0.39 is 10.0 Å². The third kappa shape index (κ3) is 3.46. The van der Waals surface area contributed by atoms with Crippen LogP contribution in [0, 0.1) is 0 Å². The van der Waals surface area contributed by atoms with E-state index in [2.05, 4.69) is 4.72 Å². The molecule has 0 atom stereocenters. The summed E-state index contributed by atoms with van der Waals surface area (Å²) in [5.41, 5.74) is 2.30. The lowest BCUT2D eigenvalue weighted by atomic mass is 10.0. The number of furan rings is 1. The first-order valence-electron chi connectivity index (χ1n) is 7.99. The second-order valence-electron chi connectivity index (χ2n) is 5.80. The van der Waals surface area contributed by atoms with E-state index in [4.69, 9.17) is 4.42 Å². The van der Waals surface area contributed by atoms with Crippen molar-refractivity contribution < 1.29 is 17.6 Å². The Morgan fingerprint density at radius 3 is 2.88 bits per heavy atom. The average molecular weight is 348 g/mol. The topological polar surface area (TPSA) is 79.6 Å². The molecule has 0 aliphatic carbocycles. The first kappa shape index (κ1) is 16.6. The van der Waals surface area contributed by atoms with E-state index in [1.165, 1.54) is 6.26 Å². The zero-order chi connectivity index (χ0) is 17.2. The van der Waals surface area contributed by atoms with Crippen molar-refractivity contribution in [1.82, 2.24) is 0 Å². The van der Waals surface area contributed by atoms with Crippen LogP contribution in [-0.2, 0) is 16.4 Å². The predicted octanol–water partition coefficient (Wildman–Crippen LogP) is 3.02. The first-order valence-corrected chi connectivity index (χ1v) is 9.64. The maximum Gasteiger partial charge on any atom is 0.293 e. The molecule has 6 nitrogen and oxygen atoms in total. The highest BCUT2D eigenvalue weighted by atomic mass is 32.2. The van der Waals surface area contributed by atoms with Crippen molar-refractivity contribution in [2.24, 2.45) is 0 Å². The van der Waals surface area contributed by atoms with Crippen molar-refractivity contribution >= 4 is 27.3 Å². The number of hydrogen-bond donors (Lipinski definition) is 1. The van der Waals surface area contributed by atoms with Gasteiger partial charge in [0.05, 0.1) is 12.0 Å². The van der Waals surface area contributed by atoms with Gasteiger partial charge in [-0.1, -0.05) is 6.92 Å². The summed E-state index contributed by atoms with van der Waals surface area (Å²) in [6.45, 7) is 2.44. The van der Waals surface area contributed by atoms with Crippen LogP contribution in [-0.4, -0.2) is 26.6 Å². The van der Waals surface area contributed by atoms with Gasteiger partial charge in [-0.25, -0.2) is 8.42 Å².